The Morgan fingerprint density at radius 1 is 1.30 bits per heavy atom. The van der Waals surface area contributed by atoms with E-state index in [-0.39, 0.29) is 11.7 Å². The van der Waals surface area contributed by atoms with E-state index in [9.17, 15) is 9.18 Å². The molecule has 4 nitrogen and oxygen atoms in total. The van der Waals surface area contributed by atoms with Crippen molar-refractivity contribution in [1.82, 2.24) is 4.90 Å². The summed E-state index contributed by atoms with van der Waals surface area (Å²) in [5.74, 6) is -0.645. The van der Waals surface area contributed by atoms with Crippen molar-refractivity contribution < 1.29 is 13.9 Å². The first kappa shape index (κ1) is 13.3. The van der Waals surface area contributed by atoms with Crippen molar-refractivity contribution in [3.8, 4) is 0 Å². The Hall–Kier alpha value is -1.66. The zero-order chi connectivity index (χ0) is 13.9. The van der Waals surface area contributed by atoms with Gasteiger partial charge in [0.15, 0.2) is 5.17 Å². The summed E-state index contributed by atoms with van der Waals surface area (Å²) in [7, 11) is 0. The zero-order valence-electron chi connectivity index (χ0n) is 10.7. The maximum absolute atomic E-state index is 13.6. The normalized spacial score (nSPS) is 21.4. The van der Waals surface area contributed by atoms with E-state index in [1.54, 1.807) is 24.3 Å². The molecule has 0 saturated carbocycles. The van der Waals surface area contributed by atoms with Gasteiger partial charge >= 0.3 is 0 Å². The van der Waals surface area contributed by atoms with Crippen LogP contribution < -0.4 is 0 Å². The van der Waals surface area contributed by atoms with Gasteiger partial charge in [-0.15, -0.1) is 0 Å². The lowest BCUT2D eigenvalue weighted by atomic mass is 10.2. The summed E-state index contributed by atoms with van der Waals surface area (Å²) < 4.78 is 18.9. The van der Waals surface area contributed by atoms with Crippen LogP contribution in [-0.2, 0) is 9.53 Å². The maximum atomic E-state index is 13.6. The number of morpholine rings is 1. The Bertz CT molecular complexity index is 595. The molecule has 0 radical (unpaired) electrons. The topological polar surface area (TPSA) is 41.9 Å². The molecule has 2 aliphatic rings. The molecule has 0 bridgehead atoms. The number of hydrogen-bond acceptors (Lipinski definition) is 4. The van der Waals surface area contributed by atoms with Crippen LogP contribution in [0, 0.1) is 5.82 Å². The number of aliphatic imine (C=N–C) groups is 1. The fourth-order valence-electron chi connectivity index (χ4n) is 2.02. The molecule has 20 heavy (non-hydrogen) atoms. The lowest BCUT2D eigenvalue weighted by molar-refractivity contribution is -0.113. The number of ether oxygens (including phenoxy) is 1. The predicted octanol–water partition coefficient (Wildman–Crippen LogP) is 2.13. The zero-order valence-corrected chi connectivity index (χ0v) is 11.5. The Kier molecular flexibility index (Phi) is 3.84. The number of thioether (sulfide) groups is 1. The van der Waals surface area contributed by atoms with Crippen molar-refractivity contribution >= 4 is 28.9 Å². The molecule has 6 heteroatoms. The molecule has 0 atom stereocenters. The van der Waals surface area contributed by atoms with Crippen LogP contribution in [0.2, 0.25) is 0 Å². The molecule has 2 heterocycles. The van der Waals surface area contributed by atoms with Gasteiger partial charge in [0, 0.05) is 18.7 Å². The van der Waals surface area contributed by atoms with Crippen LogP contribution in [0.25, 0.3) is 6.08 Å². The molecule has 1 fully saturated rings. The quantitative estimate of drug-likeness (QED) is 0.744. The molecule has 0 spiro atoms. The molecule has 1 aromatic rings. The summed E-state index contributed by atoms with van der Waals surface area (Å²) in [5.41, 5.74) is 0.404. The van der Waals surface area contributed by atoms with Crippen LogP contribution in [-0.4, -0.2) is 42.3 Å². The first-order valence-corrected chi connectivity index (χ1v) is 7.15. The van der Waals surface area contributed by atoms with Gasteiger partial charge in [-0.3, -0.25) is 4.79 Å². The Balaban J connectivity index is 1.78. The minimum atomic E-state index is -0.340. The molecular weight excluding hydrogens is 279 g/mol. The van der Waals surface area contributed by atoms with Crippen LogP contribution in [0.4, 0.5) is 4.39 Å². The Morgan fingerprint density at radius 3 is 2.80 bits per heavy atom. The van der Waals surface area contributed by atoms with Crippen LogP contribution in [0.1, 0.15) is 5.56 Å². The van der Waals surface area contributed by atoms with Crippen molar-refractivity contribution in [1.29, 1.82) is 0 Å². The molecule has 1 amide bonds. The Morgan fingerprint density at radius 2 is 2.05 bits per heavy atom. The van der Waals surface area contributed by atoms with Gasteiger partial charge in [-0.1, -0.05) is 18.2 Å². The number of amidine groups is 1. The summed E-state index contributed by atoms with van der Waals surface area (Å²) in [4.78, 5) is 18.4. The largest absolute Gasteiger partial charge is 0.378 e. The average Bonchev–Trinajstić information content (AvgIpc) is 2.84. The van der Waals surface area contributed by atoms with Gasteiger partial charge in [-0.25, -0.2) is 4.39 Å². The van der Waals surface area contributed by atoms with E-state index in [1.807, 2.05) is 4.90 Å². The number of hydrogen-bond donors (Lipinski definition) is 0. The third-order valence-electron chi connectivity index (χ3n) is 3.08. The molecule has 0 aromatic heterocycles. The highest BCUT2D eigenvalue weighted by atomic mass is 32.2. The number of carbonyl (C=O) groups is 1. The molecule has 1 saturated heterocycles. The number of carbonyl (C=O) groups excluding carboxylic acids is 1. The first-order chi connectivity index (χ1) is 9.74. The molecule has 0 unspecified atom stereocenters. The standard InChI is InChI=1S/C14H13FN2O2S/c15-11-4-2-1-3-10(11)9-12-13(18)16-14(20-12)17-5-7-19-8-6-17/h1-4,9H,5-8H2. The lowest BCUT2D eigenvalue weighted by Crippen LogP contribution is -2.38. The number of halogens is 1. The highest BCUT2D eigenvalue weighted by Gasteiger charge is 2.27. The molecule has 3 rings (SSSR count). The first-order valence-electron chi connectivity index (χ1n) is 6.34. The van der Waals surface area contributed by atoms with Gasteiger partial charge < -0.3 is 9.64 Å². The monoisotopic (exact) mass is 292 g/mol. The highest BCUT2D eigenvalue weighted by Crippen LogP contribution is 2.30. The second kappa shape index (κ2) is 5.76. The van der Waals surface area contributed by atoms with Crippen LogP contribution in [0.15, 0.2) is 34.2 Å². The van der Waals surface area contributed by atoms with Gasteiger partial charge in [0.05, 0.1) is 18.1 Å². The fourth-order valence-corrected chi connectivity index (χ4v) is 2.98. The number of benzene rings is 1. The van der Waals surface area contributed by atoms with E-state index in [1.165, 1.54) is 17.8 Å². The van der Waals surface area contributed by atoms with E-state index in [0.29, 0.717) is 28.9 Å². The molecule has 2 aliphatic heterocycles. The average molecular weight is 292 g/mol. The second-order valence-corrected chi connectivity index (χ2v) is 5.44. The van der Waals surface area contributed by atoms with Gasteiger partial charge in [0.1, 0.15) is 5.82 Å². The summed E-state index contributed by atoms with van der Waals surface area (Å²) >= 11 is 1.29. The SMILES string of the molecule is O=C1N=C(N2CCOCC2)SC1=Cc1ccccc1F. The van der Waals surface area contributed by atoms with Crippen molar-refractivity contribution in [3.63, 3.8) is 0 Å². The van der Waals surface area contributed by atoms with E-state index in [4.69, 9.17) is 4.74 Å². The fraction of sp³-hybridized carbons (Fsp3) is 0.286. The highest BCUT2D eigenvalue weighted by molar-refractivity contribution is 8.18. The summed E-state index contributed by atoms with van der Waals surface area (Å²) in [6, 6.07) is 6.38. The third-order valence-corrected chi connectivity index (χ3v) is 4.13. The van der Waals surface area contributed by atoms with Crippen molar-refractivity contribution in [3.05, 3.63) is 40.6 Å². The van der Waals surface area contributed by atoms with E-state index in [0.717, 1.165) is 13.1 Å². The molecule has 0 N–H and O–H groups in total. The Labute approximate surface area is 120 Å². The van der Waals surface area contributed by atoms with Crippen LogP contribution in [0.3, 0.4) is 0 Å². The molecular formula is C14H13FN2O2S. The van der Waals surface area contributed by atoms with E-state index >= 15 is 0 Å². The van der Waals surface area contributed by atoms with Crippen LogP contribution in [0.5, 0.6) is 0 Å². The lowest BCUT2D eigenvalue weighted by Gasteiger charge is -2.27. The minimum absolute atomic E-state index is 0.306. The molecule has 0 aliphatic carbocycles. The van der Waals surface area contributed by atoms with Crippen molar-refractivity contribution in [2.24, 2.45) is 4.99 Å². The number of nitrogens with zero attached hydrogens (tertiary/aromatic N) is 2. The number of amides is 1. The predicted molar refractivity (Wildman–Crippen MR) is 76.8 cm³/mol. The summed E-state index contributed by atoms with van der Waals surface area (Å²) in [6.45, 7) is 2.73. The van der Waals surface area contributed by atoms with Gasteiger partial charge in [-0.05, 0) is 23.9 Å². The minimum Gasteiger partial charge on any atom is -0.378 e. The summed E-state index contributed by atoms with van der Waals surface area (Å²) in [5, 5.41) is 0.681. The second-order valence-electron chi connectivity index (χ2n) is 4.43. The van der Waals surface area contributed by atoms with E-state index < -0.39 is 0 Å². The van der Waals surface area contributed by atoms with E-state index in [2.05, 4.69) is 4.99 Å². The van der Waals surface area contributed by atoms with Gasteiger partial charge in [-0.2, -0.15) is 4.99 Å². The third kappa shape index (κ3) is 2.76. The smallest absolute Gasteiger partial charge is 0.286 e. The van der Waals surface area contributed by atoms with Crippen molar-refractivity contribution in [2.75, 3.05) is 26.3 Å². The number of rotatable bonds is 1. The summed E-state index contributed by atoms with van der Waals surface area (Å²) in [6.07, 6.45) is 1.55. The molecule has 104 valence electrons. The van der Waals surface area contributed by atoms with Gasteiger partial charge in [0.2, 0.25) is 0 Å². The van der Waals surface area contributed by atoms with Crippen molar-refractivity contribution in [2.45, 2.75) is 0 Å². The molecule has 1 aromatic carbocycles. The van der Waals surface area contributed by atoms with Crippen LogP contribution >= 0.6 is 11.8 Å². The maximum Gasteiger partial charge on any atom is 0.286 e. The van der Waals surface area contributed by atoms with Gasteiger partial charge in [0.25, 0.3) is 5.91 Å².